The van der Waals surface area contributed by atoms with Crippen molar-refractivity contribution >= 4 is 11.9 Å². The Bertz CT molecular complexity index is 472. The number of amides is 1. The average molecular weight is 275 g/mol. The molecule has 2 atom stereocenters. The van der Waals surface area contributed by atoms with Gasteiger partial charge in [0, 0.05) is 12.5 Å². The zero-order chi connectivity index (χ0) is 14.5. The number of nitrogens with zero attached hydrogens (tertiary/aromatic N) is 1. The molecule has 0 aliphatic carbocycles. The van der Waals surface area contributed by atoms with E-state index in [-0.39, 0.29) is 11.9 Å². The first-order chi connectivity index (χ1) is 9.59. The van der Waals surface area contributed by atoms with Gasteiger partial charge in [0.1, 0.15) is 6.04 Å². The van der Waals surface area contributed by atoms with Crippen LogP contribution in [0.15, 0.2) is 30.3 Å². The number of hydrogen-bond acceptors (Lipinski definition) is 2. The molecule has 1 aromatic carbocycles. The van der Waals surface area contributed by atoms with Crippen LogP contribution in [-0.2, 0) is 16.0 Å². The highest BCUT2D eigenvalue weighted by molar-refractivity contribution is 5.84. The molecule has 4 nitrogen and oxygen atoms in total. The second kappa shape index (κ2) is 6.55. The van der Waals surface area contributed by atoms with E-state index in [1.165, 1.54) is 5.56 Å². The number of hydrogen-bond donors (Lipinski definition) is 1. The van der Waals surface area contributed by atoms with Crippen LogP contribution in [0.1, 0.15) is 38.2 Å². The van der Waals surface area contributed by atoms with Gasteiger partial charge in [0.05, 0.1) is 0 Å². The van der Waals surface area contributed by atoms with E-state index in [0.717, 1.165) is 19.3 Å². The monoisotopic (exact) mass is 275 g/mol. The first kappa shape index (κ1) is 14.6. The standard InChI is InChI=1S/C16H21NO3/c1-12-10-11-14(16(19)20)17(12)15(18)9-5-8-13-6-3-2-4-7-13/h2-4,6-7,12,14H,5,8-11H2,1H3,(H,19,20)/t12-,14-/m0/s1. The highest BCUT2D eigenvalue weighted by atomic mass is 16.4. The third-order valence-electron chi connectivity index (χ3n) is 3.94. The normalized spacial score (nSPS) is 21.9. The number of benzene rings is 1. The number of carbonyl (C=O) groups excluding carboxylic acids is 1. The summed E-state index contributed by atoms with van der Waals surface area (Å²) in [5, 5.41) is 9.16. The summed E-state index contributed by atoms with van der Waals surface area (Å²) in [5.41, 5.74) is 1.21. The Hall–Kier alpha value is -1.84. The van der Waals surface area contributed by atoms with Crippen molar-refractivity contribution in [1.82, 2.24) is 4.90 Å². The largest absolute Gasteiger partial charge is 0.480 e. The minimum absolute atomic E-state index is 0.0293. The molecule has 0 saturated carbocycles. The van der Waals surface area contributed by atoms with Crippen molar-refractivity contribution in [2.24, 2.45) is 0 Å². The SMILES string of the molecule is C[C@H]1CC[C@@H](C(=O)O)N1C(=O)CCCc1ccccc1. The van der Waals surface area contributed by atoms with Gasteiger partial charge in [-0.1, -0.05) is 30.3 Å². The third-order valence-corrected chi connectivity index (χ3v) is 3.94. The van der Waals surface area contributed by atoms with Crippen LogP contribution < -0.4 is 0 Å². The zero-order valence-electron chi connectivity index (χ0n) is 11.8. The van der Waals surface area contributed by atoms with Gasteiger partial charge >= 0.3 is 5.97 Å². The molecule has 0 bridgehead atoms. The lowest BCUT2D eigenvalue weighted by Crippen LogP contribution is -2.43. The summed E-state index contributed by atoms with van der Waals surface area (Å²) in [6.07, 6.45) is 3.39. The number of carboxylic acid groups (broad SMARTS) is 1. The van der Waals surface area contributed by atoms with Crippen LogP contribution in [0.25, 0.3) is 0 Å². The Kier molecular flexibility index (Phi) is 4.77. The highest BCUT2D eigenvalue weighted by Gasteiger charge is 2.38. The topological polar surface area (TPSA) is 57.6 Å². The van der Waals surface area contributed by atoms with Crippen molar-refractivity contribution in [1.29, 1.82) is 0 Å². The quantitative estimate of drug-likeness (QED) is 0.898. The second-order valence-corrected chi connectivity index (χ2v) is 5.42. The van der Waals surface area contributed by atoms with Gasteiger partial charge in [-0.25, -0.2) is 4.79 Å². The Morgan fingerprint density at radius 2 is 1.95 bits per heavy atom. The maximum Gasteiger partial charge on any atom is 0.326 e. The van der Waals surface area contributed by atoms with Crippen LogP contribution in [-0.4, -0.2) is 34.0 Å². The zero-order valence-corrected chi connectivity index (χ0v) is 11.8. The van der Waals surface area contributed by atoms with Crippen LogP contribution in [0.3, 0.4) is 0 Å². The van der Waals surface area contributed by atoms with Gasteiger partial charge in [-0.05, 0) is 38.2 Å². The van der Waals surface area contributed by atoms with E-state index in [1.807, 2.05) is 37.3 Å². The minimum Gasteiger partial charge on any atom is -0.480 e. The van der Waals surface area contributed by atoms with Crippen molar-refractivity contribution in [3.05, 3.63) is 35.9 Å². The summed E-state index contributed by atoms with van der Waals surface area (Å²) in [5.74, 6) is -0.913. The molecule has 1 amide bonds. The number of carboxylic acids is 1. The van der Waals surface area contributed by atoms with Gasteiger partial charge in [-0.2, -0.15) is 0 Å². The summed E-state index contributed by atoms with van der Waals surface area (Å²) >= 11 is 0. The van der Waals surface area contributed by atoms with Crippen molar-refractivity contribution in [2.45, 2.75) is 51.1 Å². The summed E-state index contributed by atoms with van der Waals surface area (Å²) in [4.78, 5) is 24.9. The molecular formula is C16H21NO3. The van der Waals surface area contributed by atoms with Gasteiger partial charge in [-0.15, -0.1) is 0 Å². The molecule has 4 heteroatoms. The van der Waals surface area contributed by atoms with Crippen molar-refractivity contribution in [3.8, 4) is 0 Å². The molecule has 2 rings (SSSR count). The lowest BCUT2D eigenvalue weighted by molar-refractivity contribution is -0.149. The molecule has 1 saturated heterocycles. The van der Waals surface area contributed by atoms with E-state index in [2.05, 4.69) is 0 Å². The number of likely N-dealkylation sites (tertiary alicyclic amines) is 1. The summed E-state index contributed by atoms with van der Waals surface area (Å²) in [7, 11) is 0. The predicted octanol–water partition coefficient (Wildman–Crippen LogP) is 2.47. The highest BCUT2D eigenvalue weighted by Crippen LogP contribution is 2.25. The third kappa shape index (κ3) is 3.38. The Morgan fingerprint density at radius 3 is 2.60 bits per heavy atom. The first-order valence-electron chi connectivity index (χ1n) is 7.17. The summed E-state index contributed by atoms with van der Waals surface area (Å²) < 4.78 is 0. The smallest absolute Gasteiger partial charge is 0.326 e. The van der Waals surface area contributed by atoms with Gasteiger partial charge in [0.2, 0.25) is 5.91 Å². The van der Waals surface area contributed by atoms with Crippen LogP contribution >= 0.6 is 0 Å². The maximum atomic E-state index is 12.2. The Morgan fingerprint density at radius 1 is 1.25 bits per heavy atom. The lowest BCUT2D eigenvalue weighted by Gasteiger charge is -2.26. The van der Waals surface area contributed by atoms with Crippen LogP contribution in [0.2, 0.25) is 0 Å². The van der Waals surface area contributed by atoms with Crippen molar-refractivity contribution in [3.63, 3.8) is 0 Å². The molecule has 1 aromatic rings. The van der Waals surface area contributed by atoms with Gasteiger partial charge in [0.15, 0.2) is 0 Å². The van der Waals surface area contributed by atoms with Crippen LogP contribution in [0.5, 0.6) is 0 Å². The predicted molar refractivity (Wildman–Crippen MR) is 76.3 cm³/mol. The molecule has 0 unspecified atom stereocenters. The molecule has 1 fully saturated rings. The Balaban J connectivity index is 1.86. The van der Waals surface area contributed by atoms with Crippen molar-refractivity contribution < 1.29 is 14.7 Å². The Labute approximate surface area is 119 Å². The fourth-order valence-corrected chi connectivity index (χ4v) is 2.86. The molecule has 1 N–H and O–H groups in total. The van der Waals surface area contributed by atoms with Gasteiger partial charge in [0.25, 0.3) is 0 Å². The summed E-state index contributed by atoms with van der Waals surface area (Å²) in [6, 6.07) is 9.44. The number of aliphatic carboxylic acids is 1. The fourth-order valence-electron chi connectivity index (χ4n) is 2.86. The van der Waals surface area contributed by atoms with Crippen LogP contribution in [0, 0.1) is 0 Å². The number of aryl methyl sites for hydroxylation is 1. The van der Waals surface area contributed by atoms with E-state index < -0.39 is 12.0 Å². The molecule has 1 heterocycles. The molecule has 0 aromatic heterocycles. The van der Waals surface area contributed by atoms with Crippen LogP contribution in [0.4, 0.5) is 0 Å². The molecular weight excluding hydrogens is 254 g/mol. The lowest BCUT2D eigenvalue weighted by atomic mass is 10.1. The van der Waals surface area contributed by atoms with E-state index in [1.54, 1.807) is 4.90 Å². The molecule has 1 aliphatic rings. The van der Waals surface area contributed by atoms with Gasteiger partial charge in [-0.3, -0.25) is 4.79 Å². The number of rotatable bonds is 5. The van der Waals surface area contributed by atoms with E-state index in [4.69, 9.17) is 5.11 Å². The minimum atomic E-state index is -0.884. The van der Waals surface area contributed by atoms with E-state index in [9.17, 15) is 9.59 Å². The van der Waals surface area contributed by atoms with E-state index >= 15 is 0 Å². The second-order valence-electron chi connectivity index (χ2n) is 5.42. The van der Waals surface area contributed by atoms with Crippen molar-refractivity contribution in [2.75, 3.05) is 0 Å². The summed E-state index contributed by atoms with van der Waals surface area (Å²) in [6.45, 7) is 1.93. The van der Waals surface area contributed by atoms with Gasteiger partial charge < -0.3 is 10.0 Å². The average Bonchev–Trinajstić information content (AvgIpc) is 2.82. The first-order valence-corrected chi connectivity index (χ1v) is 7.17. The number of carbonyl (C=O) groups is 2. The maximum absolute atomic E-state index is 12.2. The molecule has 0 spiro atoms. The van der Waals surface area contributed by atoms with E-state index in [0.29, 0.717) is 12.8 Å². The molecule has 108 valence electrons. The fraction of sp³-hybridized carbons (Fsp3) is 0.500. The molecule has 0 radical (unpaired) electrons. The molecule has 20 heavy (non-hydrogen) atoms. The molecule has 1 aliphatic heterocycles.